The van der Waals surface area contributed by atoms with Crippen molar-refractivity contribution in [3.05, 3.63) is 0 Å². The molecule has 1 saturated carbocycles. The van der Waals surface area contributed by atoms with E-state index in [1.807, 2.05) is 0 Å². The average Bonchev–Trinajstić information content (AvgIpc) is 2.76. The molecule has 3 atom stereocenters. The van der Waals surface area contributed by atoms with Gasteiger partial charge in [-0.25, -0.2) is 0 Å². The smallest absolute Gasteiger partial charge is 0.224 e. The van der Waals surface area contributed by atoms with Crippen LogP contribution in [0.2, 0.25) is 0 Å². The highest BCUT2D eigenvalue weighted by molar-refractivity contribution is 5.80. The monoisotopic (exact) mass is 255 g/mol. The lowest BCUT2D eigenvalue weighted by molar-refractivity contribution is -0.125. The van der Waals surface area contributed by atoms with Crippen molar-refractivity contribution < 1.29 is 9.53 Å². The molecule has 0 aromatic carbocycles. The number of carbonyl (C=O) groups is 1. The first-order chi connectivity index (χ1) is 8.66. The van der Waals surface area contributed by atoms with Gasteiger partial charge in [-0.1, -0.05) is 6.42 Å². The molecule has 3 N–H and O–H groups in total. The summed E-state index contributed by atoms with van der Waals surface area (Å²) in [5.74, 6) is 0.165. The molecule has 1 aliphatic heterocycles. The summed E-state index contributed by atoms with van der Waals surface area (Å²) in [4.78, 5) is 14.4. The van der Waals surface area contributed by atoms with Crippen LogP contribution in [0.5, 0.6) is 0 Å². The summed E-state index contributed by atoms with van der Waals surface area (Å²) < 4.78 is 5.31. The number of nitrogens with zero attached hydrogens (tertiary/aromatic N) is 1. The van der Waals surface area contributed by atoms with Crippen LogP contribution in [0.4, 0.5) is 0 Å². The molecular weight excluding hydrogens is 230 g/mol. The molecule has 0 spiro atoms. The number of hydrogen-bond acceptors (Lipinski definition) is 4. The SMILES string of the molecule is CC(CN1CCOCC1)NC(=O)C1CCCC1N. The third-order valence-electron chi connectivity index (χ3n) is 3.93. The molecular formula is C13H25N3O2. The molecule has 1 saturated heterocycles. The van der Waals surface area contributed by atoms with Crippen LogP contribution in [-0.4, -0.2) is 55.7 Å². The number of nitrogens with two attached hydrogens (primary N) is 1. The number of nitrogens with one attached hydrogen (secondary N) is 1. The Hall–Kier alpha value is -0.650. The molecule has 1 aliphatic carbocycles. The highest BCUT2D eigenvalue weighted by atomic mass is 16.5. The van der Waals surface area contributed by atoms with Gasteiger partial charge in [-0.2, -0.15) is 0 Å². The van der Waals surface area contributed by atoms with Crippen molar-refractivity contribution in [1.29, 1.82) is 0 Å². The predicted octanol–water partition coefficient (Wildman–Crippen LogP) is -0.0493. The van der Waals surface area contributed by atoms with E-state index in [-0.39, 0.29) is 23.9 Å². The van der Waals surface area contributed by atoms with Crippen LogP contribution < -0.4 is 11.1 Å². The van der Waals surface area contributed by atoms with Gasteiger partial charge in [0.2, 0.25) is 5.91 Å². The Bertz CT molecular complexity index is 279. The van der Waals surface area contributed by atoms with E-state index < -0.39 is 0 Å². The van der Waals surface area contributed by atoms with E-state index in [2.05, 4.69) is 17.1 Å². The van der Waals surface area contributed by atoms with E-state index in [1.165, 1.54) is 0 Å². The summed E-state index contributed by atoms with van der Waals surface area (Å²) in [6.07, 6.45) is 3.00. The lowest BCUT2D eigenvalue weighted by Crippen LogP contribution is -2.48. The quantitative estimate of drug-likeness (QED) is 0.739. The van der Waals surface area contributed by atoms with E-state index in [0.717, 1.165) is 52.1 Å². The number of ether oxygens (including phenoxy) is 1. The fourth-order valence-corrected chi connectivity index (χ4v) is 2.88. The zero-order valence-corrected chi connectivity index (χ0v) is 11.2. The Morgan fingerprint density at radius 1 is 1.44 bits per heavy atom. The van der Waals surface area contributed by atoms with Crippen LogP contribution >= 0.6 is 0 Å². The molecule has 0 bridgehead atoms. The summed E-state index contributed by atoms with van der Waals surface area (Å²) >= 11 is 0. The topological polar surface area (TPSA) is 67.6 Å². The third kappa shape index (κ3) is 3.67. The minimum absolute atomic E-state index is 0.0251. The summed E-state index contributed by atoms with van der Waals surface area (Å²) in [6, 6.07) is 0.240. The first kappa shape index (κ1) is 13.8. The molecule has 0 aromatic rings. The number of amides is 1. The zero-order valence-electron chi connectivity index (χ0n) is 11.2. The molecule has 104 valence electrons. The van der Waals surface area contributed by atoms with Crippen LogP contribution in [-0.2, 0) is 9.53 Å². The lowest BCUT2D eigenvalue weighted by Gasteiger charge is -2.30. The highest BCUT2D eigenvalue weighted by Crippen LogP contribution is 2.24. The first-order valence-corrected chi connectivity index (χ1v) is 7.03. The lowest BCUT2D eigenvalue weighted by atomic mass is 10.0. The molecule has 1 heterocycles. The fraction of sp³-hybridized carbons (Fsp3) is 0.923. The molecule has 5 nitrogen and oxygen atoms in total. The first-order valence-electron chi connectivity index (χ1n) is 7.03. The van der Waals surface area contributed by atoms with Gasteiger partial charge in [-0.3, -0.25) is 9.69 Å². The maximum atomic E-state index is 12.1. The Balaban J connectivity index is 1.72. The van der Waals surface area contributed by atoms with Crippen molar-refractivity contribution in [2.75, 3.05) is 32.8 Å². The van der Waals surface area contributed by atoms with E-state index >= 15 is 0 Å². The van der Waals surface area contributed by atoms with Gasteiger partial charge < -0.3 is 15.8 Å². The third-order valence-corrected chi connectivity index (χ3v) is 3.93. The standard InChI is InChI=1S/C13H25N3O2/c1-10(9-16-5-7-18-8-6-16)15-13(17)11-3-2-4-12(11)14/h10-12H,2-9,14H2,1H3,(H,15,17). The van der Waals surface area contributed by atoms with Gasteiger partial charge in [0.15, 0.2) is 0 Å². The van der Waals surface area contributed by atoms with Crippen molar-refractivity contribution in [3.8, 4) is 0 Å². The van der Waals surface area contributed by atoms with Crippen LogP contribution in [0.3, 0.4) is 0 Å². The number of rotatable bonds is 4. The predicted molar refractivity (Wildman–Crippen MR) is 70.2 cm³/mol. The van der Waals surface area contributed by atoms with Gasteiger partial charge in [0, 0.05) is 31.7 Å². The largest absolute Gasteiger partial charge is 0.379 e. The van der Waals surface area contributed by atoms with Crippen molar-refractivity contribution >= 4 is 5.91 Å². The van der Waals surface area contributed by atoms with Crippen molar-refractivity contribution in [2.45, 2.75) is 38.3 Å². The average molecular weight is 255 g/mol. The molecule has 0 aromatic heterocycles. The minimum atomic E-state index is 0.0251. The van der Waals surface area contributed by atoms with Gasteiger partial charge in [-0.15, -0.1) is 0 Å². The summed E-state index contributed by atoms with van der Waals surface area (Å²) in [5.41, 5.74) is 5.95. The van der Waals surface area contributed by atoms with Crippen LogP contribution in [0.15, 0.2) is 0 Å². The maximum Gasteiger partial charge on any atom is 0.224 e. The zero-order chi connectivity index (χ0) is 13.0. The molecule has 2 aliphatic rings. The Kier molecular flexibility index (Phi) is 4.97. The summed E-state index contributed by atoms with van der Waals surface area (Å²) in [7, 11) is 0. The van der Waals surface area contributed by atoms with E-state index in [0.29, 0.717) is 0 Å². The van der Waals surface area contributed by atoms with Crippen LogP contribution in [0.25, 0.3) is 0 Å². The second kappa shape index (κ2) is 6.50. The van der Waals surface area contributed by atoms with Crippen molar-refractivity contribution in [1.82, 2.24) is 10.2 Å². The second-order valence-corrected chi connectivity index (χ2v) is 5.52. The van der Waals surface area contributed by atoms with Crippen molar-refractivity contribution in [3.63, 3.8) is 0 Å². The van der Waals surface area contributed by atoms with Crippen molar-refractivity contribution in [2.24, 2.45) is 11.7 Å². The number of morpholine rings is 1. The Labute approximate surface area is 109 Å². The fourth-order valence-electron chi connectivity index (χ4n) is 2.88. The van der Waals surface area contributed by atoms with E-state index in [4.69, 9.17) is 10.5 Å². The van der Waals surface area contributed by atoms with Crippen LogP contribution in [0.1, 0.15) is 26.2 Å². The summed E-state index contributed by atoms with van der Waals surface area (Å²) in [6.45, 7) is 6.49. The Morgan fingerprint density at radius 3 is 2.78 bits per heavy atom. The molecule has 18 heavy (non-hydrogen) atoms. The van der Waals surface area contributed by atoms with Gasteiger partial charge in [0.05, 0.1) is 19.1 Å². The van der Waals surface area contributed by atoms with Gasteiger partial charge >= 0.3 is 0 Å². The van der Waals surface area contributed by atoms with E-state index in [1.54, 1.807) is 0 Å². The van der Waals surface area contributed by atoms with Gasteiger partial charge in [-0.05, 0) is 19.8 Å². The van der Waals surface area contributed by atoms with Crippen LogP contribution in [0, 0.1) is 5.92 Å². The molecule has 5 heteroatoms. The molecule has 3 unspecified atom stereocenters. The molecule has 1 amide bonds. The number of carbonyl (C=O) groups excluding carboxylic acids is 1. The normalized spacial score (nSPS) is 31.2. The summed E-state index contributed by atoms with van der Waals surface area (Å²) in [5, 5.41) is 3.10. The Morgan fingerprint density at radius 2 is 2.17 bits per heavy atom. The maximum absolute atomic E-state index is 12.1. The second-order valence-electron chi connectivity index (χ2n) is 5.52. The van der Waals surface area contributed by atoms with E-state index in [9.17, 15) is 4.79 Å². The van der Waals surface area contributed by atoms with Gasteiger partial charge in [0.1, 0.15) is 0 Å². The molecule has 0 radical (unpaired) electrons. The number of hydrogen-bond donors (Lipinski definition) is 2. The molecule has 2 fully saturated rings. The molecule has 2 rings (SSSR count). The van der Waals surface area contributed by atoms with Gasteiger partial charge in [0.25, 0.3) is 0 Å². The highest BCUT2D eigenvalue weighted by Gasteiger charge is 2.30. The minimum Gasteiger partial charge on any atom is -0.379 e.